The third-order valence-corrected chi connectivity index (χ3v) is 3.03. The molecule has 1 fully saturated rings. The first-order valence-corrected chi connectivity index (χ1v) is 6.13. The quantitative estimate of drug-likeness (QED) is 0.793. The zero-order chi connectivity index (χ0) is 12.8. The lowest BCUT2D eigenvalue weighted by molar-refractivity contribution is -0.144. The van der Waals surface area contributed by atoms with Crippen molar-refractivity contribution in [3.05, 3.63) is 30.3 Å². The molecule has 1 aromatic carbocycles. The van der Waals surface area contributed by atoms with Crippen LogP contribution in [0.5, 0.6) is 5.75 Å². The van der Waals surface area contributed by atoms with Gasteiger partial charge in [-0.2, -0.15) is 0 Å². The minimum Gasteiger partial charge on any atom is -0.492 e. The van der Waals surface area contributed by atoms with Crippen LogP contribution in [0.4, 0.5) is 0 Å². The molecule has 1 atom stereocenters. The fourth-order valence-corrected chi connectivity index (χ4v) is 2.05. The number of carboxylic acid groups (broad SMARTS) is 1. The normalized spacial score (nSPS) is 20.6. The van der Waals surface area contributed by atoms with E-state index in [0.29, 0.717) is 19.7 Å². The Morgan fingerprint density at radius 3 is 2.94 bits per heavy atom. The average molecular weight is 250 g/mol. The van der Waals surface area contributed by atoms with Gasteiger partial charge in [-0.1, -0.05) is 18.2 Å². The second-order valence-electron chi connectivity index (χ2n) is 4.26. The SMILES string of the molecule is O=C(O)C1CNCCN1CCOc1ccccc1. The van der Waals surface area contributed by atoms with Crippen LogP contribution in [0, 0.1) is 0 Å². The number of ether oxygens (including phenoxy) is 1. The lowest BCUT2D eigenvalue weighted by Gasteiger charge is -2.33. The first-order valence-electron chi connectivity index (χ1n) is 6.13. The molecule has 5 nitrogen and oxygen atoms in total. The highest BCUT2D eigenvalue weighted by Crippen LogP contribution is 2.09. The van der Waals surface area contributed by atoms with E-state index in [1.807, 2.05) is 35.2 Å². The van der Waals surface area contributed by atoms with E-state index in [0.717, 1.165) is 18.8 Å². The maximum absolute atomic E-state index is 11.1. The predicted molar refractivity (Wildman–Crippen MR) is 67.8 cm³/mol. The van der Waals surface area contributed by atoms with Gasteiger partial charge in [-0.25, -0.2) is 0 Å². The first kappa shape index (κ1) is 12.9. The number of hydrogen-bond acceptors (Lipinski definition) is 4. The van der Waals surface area contributed by atoms with Crippen molar-refractivity contribution in [3.8, 4) is 5.75 Å². The van der Waals surface area contributed by atoms with Crippen molar-refractivity contribution in [1.82, 2.24) is 10.2 Å². The van der Waals surface area contributed by atoms with E-state index in [4.69, 9.17) is 9.84 Å². The molecule has 0 amide bonds. The summed E-state index contributed by atoms with van der Waals surface area (Å²) in [4.78, 5) is 13.0. The zero-order valence-corrected chi connectivity index (χ0v) is 10.2. The van der Waals surface area contributed by atoms with Gasteiger partial charge in [-0.3, -0.25) is 9.69 Å². The highest BCUT2D eigenvalue weighted by Gasteiger charge is 2.27. The smallest absolute Gasteiger partial charge is 0.322 e. The van der Waals surface area contributed by atoms with Crippen molar-refractivity contribution in [2.75, 3.05) is 32.8 Å². The van der Waals surface area contributed by atoms with E-state index < -0.39 is 12.0 Å². The third-order valence-electron chi connectivity index (χ3n) is 3.03. The molecular weight excluding hydrogens is 232 g/mol. The molecule has 0 spiro atoms. The van der Waals surface area contributed by atoms with Crippen molar-refractivity contribution in [2.45, 2.75) is 6.04 Å². The van der Waals surface area contributed by atoms with Gasteiger partial charge in [0.1, 0.15) is 18.4 Å². The van der Waals surface area contributed by atoms with Gasteiger partial charge in [-0.15, -0.1) is 0 Å². The predicted octanol–water partition coefficient (Wildman–Crippen LogP) is 0.424. The molecule has 0 aliphatic carbocycles. The van der Waals surface area contributed by atoms with Gasteiger partial charge in [0, 0.05) is 26.2 Å². The Labute approximate surface area is 106 Å². The molecule has 1 unspecified atom stereocenters. The molecule has 0 saturated carbocycles. The minimum absolute atomic E-state index is 0.446. The second-order valence-corrected chi connectivity index (χ2v) is 4.26. The number of carboxylic acids is 1. The number of carbonyl (C=O) groups is 1. The summed E-state index contributed by atoms with van der Waals surface area (Å²) < 4.78 is 5.58. The van der Waals surface area contributed by atoms with Gasteiger partial charge >= 0.3 is 5.97 Å². The Bertz CT molecular complexity index is 383. The van der Waals surface area contributed by atoms with E-state index in [1.54, 1.807) is 0 Å². The summed E-state index contributed by atoms with van der Waals surface area (Å²) in [7, 11) is 0. The fourth-order valence-electron chi connectivity index (χ4n) is 2.05. The highest BCUT2D eigenvalue weighted by atomic mass is 16.5. The van der Waals surface area contributed by atoms with Gasteiger partial charge < -0.3 is 15.2 Å². The van der Waals surface area contributed by atoms with Crippen molar-refractivity contribution < 1.29 is 14.6 Å². The van der Waals surface area contributed by atoms with Gasteiger partial charge in [0.15, 0.2) is 0 Å². The molecule has 1 aromatic rings. The third kappa shape index (κ3) is 3.45. The summed E-state index contributed by atoms with van der Waals surface area (Å²) in [5.41, 5.74) is 0. The van der Waals surface area contributed by atoms with E-state index in [-0.39, 0.29) is 0 Å². The van der Waals surface area contributed by atoms with Gasteiger partial charge in [-0.05, 0) is 12.1 Å². The van der Waals surface area contributed by atoms with Crippen molar-refractivity contribution in [2.24, 2.45) is 0 Å². The molecule has 5 heteroatoms. The Morgan fingerprint density at radius 2 is 2.22 bits per heavy atom. The number of aliphatic carboxylic acids is 1. The molecule has 0 radical (unpaired) electrons. The van der Waals surface area contributed by atoms with Crippen LogP contribution in [0.1, 0.15) is 0 Å². The summed E-state index contributed by atoms with van der Waals surface area (Å²) in [6.45, 7) is 3.21. The second kappa shape index (κ2) is 6.37. The van der Waals surface area contributed by atoms with Crippen LogP contribution in [-0.4, -0.2) is 54.8 Å². The largest absolute Gasteiger partial charge is 0.492 e. The van der Waals surface area contributed by atoms with E-state index in [2.05, 4.69) is 5.32 Å². The number of benzene rings is 1. The molecule has 1 heterocycles. The Hall–Kier alpha value is -1.59. The van der Waals surface area contributed by atoms with E-state index >= 15 is 0 Å². The molecule has 98 valence electrons. The molecule has 0 aromatic heterocycles. The molecule has 2 N–H and O–H groups in total. The fraction of sp³-hybridized carbons (Fsp3) is 0.462. The van der Waals surface area contributed by atoms with Gasteiger partial charge in [0.2, 0.25) is 0 Å². The minimum atomic E-state index is -0.776. The molecule has 18 heavy (non-hydrogen) atoms. The molecular formula is C13H18N2O3. The number of rotatable bonds is 5. The summed E-state index contributed by atoms with van der Waals surface area (Å²) in [5.74, 6) is 0.0430. The van der Waals surface area contributed by atoms with E-state index in [1.165, 1.54) is 0 Å². The monoisotopic (exact) mass is 250 g/mol. The molecule has 0 bridgehead atoms. The lowest BCUT2D eigenvalue weighted by atomic mass is 10.2. The number of nitrogens with zero attached hydrogens (tertiary/aromatic N) is 1. The Balaban J connectivity index is 1.79. The first-order chi connectivity index (χ1) is 8.77. The maximum atomic E-state index is 11.1. The van der Waals surface area contributed by atoms with Crippen molar-refractivity contribution in [1.29, 1.82) is 0 Å². The zero-order valence-electron chi connectivity index (χ0n) is 10.2. The van der Waals surface area contributed by atoms with Crippen LogP contribution < -0.4 is 10.1 Å². The summed E-state index contributed by atoms with van der Waals surface area (Å²) in [6.07, 6.45) is 0. The van der Waals surface area contributed by atoms with Gasteiger partial charge in [0.25, 0.3) is 0 Å². The Morgan fingerprint density at radius 1 is 1.44 bits per heavy atom. The molecule has 2 rings (SSSR count). The standard InChI is InChI=1S/C13H18N2O3/c16-13(17)12-10-14-6-7-15(12)8-9-18-11-4-2-1-3-5-11/h1-5,12,14H,6-10H2,(H,16,17). The number of nitrogens with one attached hydrogen (secondary N) is 1. The lowest BCUT2D eigenvalue weighted by Crippen LogP contribution is -2.55. The van der Waals surface area contributed by atoms with Gasteiger partial charge in [0.05, 0.1) is 0 Å². The maximum Gasteiger partial charge on any atom is 0.322 e. The average Bonchev–Trinajstić information content (AvgIpc) is 2.40. The topological polar surface area (TPSA) is 61.8 Å². The van der Waals surface area contributed by atoms with Crippen molar-refractivity contribution >= 4 is 5.97 Å². The number of hydrogen-bond donors (Lipinski definition) is 2. The summed E-state index contributed by atoms with van der Waals surface area (Å²) in [5, 5.41) is 12.2. The van der Waals surface area contributed by atoms with Crippen LogP contribution in [0.2, 0.25) is 0 Å². The molecule has 1 saturated heterocycles. The number of para-hydroxylation sites is 1. The molecule has 1 aliphatic rings. The van der Waals surface area contributed by atoms with Crippen LogP contribution >= 0.6 is 0 Å². The van der Waals surface area contributed by atoms with Crippen LogP contribution in [0.25, 0.3) is 0 Å². The highest BCUT2D eigenvalue weighted by molar-refractivity contribution is 5.73. The summed E-state index contributed by atoms with van der Waals surface area (Å²) in [6, 6.07) is 9.11. The molecule has 1 aliphatic heterocycles. The van der Waals surface area contributed by atoms with Crippen LogP contribution in [0.15, 0.2) is 30.3 Å². The van der Waals surface area contributed by atoms with Crippen LogP contribution in [0.3, 0.4) is 0 Å². The van der Waals surface area contributed by atoms with E-state index in [9.17, 15) is 4.79 Å². The van der Waals surface area contributed by atoms with Crippen LogP contribution in [-0.2, 0) is 4.79 Å². The summed E-state index contributed by atoms with van der Waals surface area (Å²) >= 11 is 0. The van der Waals surface area contributed by atoms with Crippen molar-refractivity contribution in [3.63, 3.8) is 0 Å². The Kier molecular flexibility index (Phi) is 4.55. The number of piperazine rings is 1.